The third-order valence-electron chi connectivity index (χ3n) is 7.04. The number of ether oxygens (including phenoxy) is 3. The van der Waals surface area contributed by atoms with Crippen molar-refractivity contribution in [3.05, 3.63) is 108 Å². The van der Waals surface area contributed by atoms with Gasteiger partial charge in [-0.25, -0.2) is 15.0 Å². The largest absolute Gasteiger partial charge is 0.494 e. The highest BCUT2D eigenvalue weighted by Gasteiger charge is 2.15. The Morgan fingerprint density at radius 1 is 0.450 bits per heavy atom. The van der Waals surface area contributed by atoms with Gasteiger partial charge in [-0.15, -0.1) is 0 Å². The van der Waals surface area contributed by atoms with Crippen molar-refractivity contribution in [1.29, 1.82) is 0 Å². The number of nitrogens with zero attached hydrogens (tertiary/aromatic N) is 4. The number of fused-ring (bicyclic) bond motifs is 3. The second-order valence-corrected chi connectivity index (χ2v) is 9.65. The van der Waals surface area contributed by atoms with E-state index in [4.69, 9.17) is 29.2 Å². The molecule has 0 radical (unpaired) electrons. The molecular weight excluding hydrogens is 500 g/mol. The van der Waals surface area contributed by atoms with Gasteiger partial charge in [0.1, 0.15) is 33.8 Å². The van der Waals surface area contributed by atoms with Crippen molar-refractivity contribution in [2.24, 2.45) is 0 Å². The fourth-order valence-corrected chi connectivity index (χ4v) is 5.09. The van der Waals surface area contributed by atoms with E-state index in [-0.39, 0.29) is 0 Å². The van der Waals surface area contributed by atoms with E-state index in [1.54, 1.807) is 21.3 Å². The van der Waals surface area contributed by atoms with Gasteiger partial charge in [0.25, 0.3) is 0 Å². The first kappa shape index (κ1) is 25.5. The Kier molecular flexibility index (Phi) is 7.12. The SMILES string of the molecule is COc1cccc2ccc(CN(Cc3ccc4cccc(OC)c4n3)Cc3ccc4cccc(OC)c4n3)nc12. The van der Waals surface area contributed by atoms with Gasteiger partial charge in [-0.1, -0.05) is 54.6 Å². The molecule has 3 aromatic heterocycles. The molecule has 0 bridgehead atoms. The van der Waals surface area contributed by atoms with Crippen LogP contribution in [0, 0.1) is 0 Å². The van der Waals surface area contributed by atoms with Gasteiger partial charge in [0.2, 0.25) is 0 Å². The molecule has 0 atom stereocenters. The first-order valence-electron chi connectivity index (χ1n) is 13.2. The van der Waals surface area contributed by atoms with Gasteiger partial charge >= 0.3 is 0 Å². The van der Waals surface area contributed by atoms with E-state index in [9.17, 15) is 0 Å². The van der Waals surface area contributed by atoms with Crippen LogP contribution in [0.4, 0.5) is 0 Å². The predicted molar refractivity (Wildman–Crippen MR) is 158 cm³/mol. The van der Waals surface area contributed by atoms with E-state index >= 15 is 0 Å². The molecule has 0 unspecified atom stereocenters. The van der Waals surface area contributed by atoms with Crippen LogP contribution in [0.25, 0.3) is 32.7 Å². The normalized spacial score (nSPS) is 11.4. The molecule has 0 saturated carbocycles. The second kappa shape index (κ2) is 11.2. The van der Waals surface area contributed by atoms with Crippen molar-refractivity contribution in [2.45, 2.75) is 19.6 Å². The van der Waals surface area contributed by atoms with Crippen molar-refractivity contribution < 1.29 is 14.2 Å². The molecule has 6 rings (SSSR count). The van der Waals surface area contributed by atoms with Crippen LogP contribution >= 0.6 is 0 Å². The summed E-state index contributed by atoms with van der Waals surface area (Å²) in [5, 5.41) is 3.13. The monoisotopic (exact) mass is 530 g/mol. The number of rotatable bonds is 9. The maximum atomic E-state index is 5.58. The summed E-state index contributed by atoms with van der Waals surface area (Å²) >= 11 is 0. The third kappa shape index (κ3) is 5.11. The Balaban J connectivity index is 1.37. The number of aromatic nitrogens is 3. The van der Waals surface area contributed by atoms with E-state index in [1.165, 1.54) is 0 Å². The lowest BCUT2D eigenvalue weighted by atomic mass is 10.1. The van der Waals surface area contributed by atoms with Crippen molar-refractivity contribution in [2.75, 3.05) is 21.3 Å². The maximum absolute atomic E-state index is 5.58. The molecular formula is C33H30N4O3. The smallest absolute Gasteiger partial charge is 0.145 e. The molecule has 0 spiro atoms. The molecule has 0 N–H and O–H groups in total. The number of benzene rings is 3. The van der Waals surface area contributed by atoms with Crippen LogP contribution in [-0.4, -0.2) is 41.2 Å². The Hall–Kier alpha value is -4.75. The molecule has 6 aromatic rings. The number of pyridine rings is 3. The van der Waals surface area contributed by atoms with Crippen LogP contribution in [-0.2, 0) is 19.6 Å². The highest BCUT2D eigenvalue weighted by molar-refractivity contribution is 5.86. The lowest BCUT2D eigenvalue weighted by Gasteiger charge is -2.22. The average Bonchev–Trinajstić information content (AvgIpc) is 3.00. The summed E-state index contributed by atoms with van der Waals surface area (Å²) in [6.07, 6.45) is 0. The minimum absolute atomic E-state index is 0.602. The van der Waals surface area contributed by atoms with Crippen LogP contribution in [0.2, 0.25) is 0 Å². The number of methoxy groups -OCH3 is 3. The van der Waals surface area contributed by atoms with E-state index in [1.807, 2.05) is 54.6 Å². The lowest BCUT2D eigenvalue weighted by Crippen LogP contribution is -2.24. The number of para-hydroxylation sites is 3. The maximum Gasteiger partial charge on any atom is 0.145 e. The first-order valence-corrected chi connectivity index (χ1v) is 13.2. The summed E-state index contributed by atoms with van der Waals surface area (Å²) in [5.74, 6) is 2.28. The summed E-state index contributed by atoms with van der Waals surface area (Å²) in [6.45, 7) is 1.81. The summed E-state index contributed by atoms with van der Waals surface area (Å²) in [6, 6.07) is 30.4. The van der Waals surface area contributed by atoms with Crippen molar-refractivity contribution >= 4 is 32.7 Å². The van der Waals surface area contributed by atoms with Gasteiger partial charge < -0.3 is 14.2 Å². The summed E-state index contributed by atoms with van der Waals surface area (Å²) in [5.41, 5.74) is 5.37. The minimum Gasteiger partial charge on any atom is -0.494 e. The predicted octanol–water partition coefficient (Wildman–Crippen LogP) is 6.56. The molecule has 0 aliphatic carbocycles. The van der Waals surface area contributed by atoms with Gasteiger partial charge in [-0.2, -0.15) is 0 Å². The van der Waals surface area contributed by atoms with E-state index in [0.29, 0.717) is 19.6 Å². The molecule has 0 amide bonds. The summed E-state index contributed by atoms with van der Waals surface area (Å²) in [4.78, 5) is 17.2. The van der Waals surface area contributed by atoms with Crippen molar-refractivity contribution in [3.8, 4) is 17.2 Å². The highest BCUT2D eigenvalue weighted by atomic mass is 16.5. The Morgan fingerprint density at radius 3 is 1.07 bits per heavy atom. The van der Waals surface area contributed by atoms with Crippen LogP contribution < -0.4 is 14.2 Å². The Morgan fingerprint density at radius 2 is 0.775 bits per heavy atom. The first-order chi connectivity index (χ1) is 19.6. The fraction of sp³-hybridized carbons (Fsp3) is 0.182. The summed E-state index contributed by atoms with van der Waals surface area (Å²) in [7, 11) is 5.03. The molecule has 40 heavy (non-hydrogen) atoms. The van der Waals surface area contributed by atoms with Crippen LogP contribution in [0.1, 0.15) is 17.1 Å². The van der Waals surface area contributed by atoms with E-state index in [0.717, 1.165) is 67.0 Å². The van der Waals surface area contributed by atoms with Crippen molar-refractivity contribution in [1.82, 2.24) is 19.9 Å². The fourth-order valence-electron chi connectivity index (χ4n) is 5.09. The van der Waals surface area contributed by atoms with Crippen LogP contribution in [0.3, 0.4) is 0 Å². The van der Waals surface area contributed by atoms with Gasteiger partial charge in [0.15, 0.2) is 0 Å². The van der Waals surface area contributed by atoms with Gasteiger partial charge in [-0.05, 0) is 36.4 Å². The average molecular weight is 531 g/mol. The number of hydrogen-bond donors (Lipinski definition) is 0. The third-order valence-corrected chi connectivity index (χ3v) is 7.04. The van der Waals surface area contributed by atoms with Crippen molar-refractivity contribution in [3.63, 3.8) is 0 Å². The standard InChI is InChI=1S/C33H30N4O3/c1-38-28-10-4-7-22-13-16-25(34-31(22)28)19-37(20-26-17-14-23-8-5-11-29(39-2)32(23)35-26)21-27-18-15-24-9-6-12-30(40-3)33(24)36-27/h4-18H,19-21H2,1-3H3. The Bertz CT molecular complexity index is 1610. The Labute approximate surface area is 233 Å². The molecule has 0 aliphatic heterocycles. The van der Waals surface area contributed by atoms with Crippen LogP contribution in [0.5, 0.6) is 17.2 Å². The zero-order valence-corrected chi connectivity index (χ0v) is 22.8. The molecule has 3 aromatic carbocycles. The van der Waals surface area contributed by atoms with Gasteiger partial charge in [0, 0.05) is 35.8 Å². The van der Waals surface area contributed by atoms with Gasteiger partial charge in [-0.3, -0.25) is 4.90 Å². The molecule has 0 fully saturated rings. The zero-order chi connectivity index (χ0) is 27.5. The molecule has 7 heteroatoms. The topological polar surface area (TPSA) is 69.6 Å². The molecule has 200 valence electrons. The molecule has 0 saturated heterocycles. The molecule has 7 nitrogen and oxygen atoms in total. The zero-order valence-electron chi connectivity index (χ0n) is 22.8. The molecule has 3 heterocycles. The van der Waals surface area contributed by atoms with E-state index in [2.05, 4.69) is 41.3 Å². The number of hydrogen-bond acceptors (Lipinski definition) is 7. The van der Waals surface area contributed by atoms with E-state index < -0.39 is 0 Å². The second-order valence-electron chi connectivity index (χ2n) is 9.65. The highest BCUT2D eigenvalue weighted by Crippen LogP contribution is 2.27. The molecule has 0 aliphatic rings. The summed E-state index contributed by atoms with van der Waals surface area (Å²) < 4.78 is 16.8. The van der Waals surface area contributed by atoms with Crippen LogP contribution in [0.15, 0.2) is 91.0 Å². The quantitative estimate of drug-likeness (QED) is 0.210. The minimum atomic E-state index is 0.602. The van der Waals surface area contributed by atoms with Gasteiger partial charge in [0.05, 0.1) is 38.4 Å². The lowest BCUT2D eigenvalue weighted by molar-refractivity contribution is 0.239.